The molecule has 1 aromatic carbocycles. The summed E-state index contributed by atoms with van der Waals surface area (Å²) in [5.41, 5.74) is 2.61. The third-order valence-corrected chi connectivity index (χ3v) is 3.84. The Balaban J connectivity index is 2.03. The monoisotopic (exact) mass is 315 g/mol. The first kappa shape index (κ1) is 15.1. The van der Waals surface area contributed by atoms with Gasteiger partial charge in [-0.2, -0.15) is 0 Å². The molecule has 1 aliphatic rings. The number of nitrogens with zero attached hydrogens (tertiary/aromatic N) is 1. The van der Waals surface area contributed by atoms with Gasteiger partial charge < -0.3 is 4.90 Å². The summed E-state index contributed by atoms with van der Waals surface area (Å²) >= 11 is 11.8. The SMILES string of the molecule is NNC(=O)C1CCN(C(=O)c2cc(Cl)cc(Cl)c2)CC1. The van der Waals surface area contributed by atoms with Gasteiger partial charge in [-0.15, -0.1) is 0 Å². The first-order valence-electron chi connectivity index (χ1n) is 6.27. The third-order valence-electron chi connectivity index (χ3n) is 3.40. The Morgan fingerprint density at radius 2 is 1.70 bits per heavy atom. The van der Waals surface area contributed by atoms with E-state index in [1.165, 1.54) is 0 Å². The van der Waals surface area contributed by atoms with Crippen LogP contribution in [0.15, 0.2) is 18.2 Å². The van der Waals surface area contributed by atoms with Crippen LogP contribution in [0.5, 0.6) is 0 Å². The second-order valence-electron chi connectivity index (χ2n) is 4.73. The minimum atomic E-state index is -0.178. The van der Waals surface area contributed by atoms with E-state index in [1.54, 1.807) is 23.1 Å². The van der Waals surface area contributed by atoms with Crippen LogP contribution in [-0.4, -0.2) is 29.8 Å². The van der Waals surface area contributed by atoms with Crippen molar-refractivity contribution in [2.45, 2.75) is 12.8 Å². The molecule has 0 bridgehead atoms. The van der Waals surface area contributed by atoms with Crippen LogP contribution in [0.2, 0.25) is 10.0 Å². The number of hydrazine groups is 1. The molecule has 2 rings (SSSR count). The minimum Gasteiger partial charge on any atom is -0.339 e. The van der Waals surface area contributed by atoms with Crippen LogP contribution in [0.25, 0.3) is 0 Å². The Morgan fingerprint density at radius 1 is 1.15 bits per heavy atom. The summed E-state index contributed by atoms with van der Waals surface area (Å²) in [4.78, 5) is 25.5. The summed E-state index contributed by atoms with van der Waals surface area (Å²) in [5.74, 6) is 4.68. The number of hydrogen-bond acceptors (Lipinski definition) is 3. The highest BCUT2D eigenvalue weighted by Gasteiger charge is 2.27. The van der Waals surface area contributed by atoms with E-state index in [-0.39, 0.29) is 17.7 Å². The second kappa shape index (κ2) is 6.43. The second-order valence-corrected chi connectivity index (χ2v) is 5.61. The van der Waals surface area contributed by atoms with Crippen LogP contribution >= 0.6 is 23.2 Å². The first-order chi connectivity index (χ1) is 9.51. The fourth-order valence-corrected chi connectivity index (χ4v) is 2.85. The molecule has 0 spiro atoms. The Morgan fingerprint density at radius 3 is 2.20 bits per heavy atom. The predicted molar refractivity (Wildman–Crippen MR) is 77.4 cm³/mol. The first-order valence-corrected chi connectivity index (χ1v) is 7.02. The number of carbonyl (C=O) groups excluding carboxylic acids is 2. The summed E-state index contributed by atoms with van der Waals surface area (Å²) in [6.07, 6.45) is 1.20. The highest BCUT2D eigenvalue weighted by molar-refractivity contribution is 6.35. The number of nitrogens with one attached hydrogen (secondary N) is 1. The molecule has 2 amide bonds. The average molecular weight is 316 g/mol. The molecule has 5 nitrogen and oxygen atoms in total. The van der Waals surface area contributed by atoms with E-state index in [2.05, 4.69) is 5.43 Å². The van der Waals surface area contributed by atoms with Gasteiger partial charge in [0, 0.05) is 34.6 Å². The standard InChI is InChI=1S/C13H15Cl2N3O2/c14-10-5-9(6-11(15)7-10)13(20)18-3-1-8(2-4-18)12(19)17-16/h5-8H,1-4,16H2,(H,17,19). The van der Waals surface area contributed by atoms with Crippen molar-refractivity contribution in [1.82, 2.24) is 10.3 Å². The highest BCUT2D eigenvalue weighted by Crippen LogP contribution is 2.23. The van der Waals surface area contributed by atoms with Crippen LogP contribution in [0.1, 0.15) is 23.2 Å². The minimum absolute atomic E-state index is 0.124. The molecule has 1 saturated heterocycles. The maximum atomic E-state index is 12.3. The maximum Gasteiger partial charge on any atom is 0.253 e. The molecule has 0 unspecified atom stereocenters. The Kier molecular flexibility index (Phi) is 4.86. The molecular formula is C13H15Cl2N3O2. The van der Waals surface area contributed by atoms with Gasteiger partial charge in [0.15, 0.2) is 0 Å². The molecule has 0 saturated carbocycles. The zero-order valence-electron chi connectivity index (χ0n) is 10.7. The molecule has 108 valence electrons. The van der Waals surface area contributed by atoms with Crippen molar-refractivity contribution in [3.8, 4) is 0 Å². The van der Waals surface area contributed by atoms with Crippen molar-refractivity contribution in [2.75, 3.05) is 13.1 Å². The van der Waals surface area contributed by atoms with Gasteiger partial charge in [0.1, 0.15) is 0 Å². The van der Waals surface area contributed by atoms with E-state index in [1.807, 2.05) is 0 Å². The van der Waals surface area contributed by atoms with Gasteiger partial charge in [-0.05, 0) is 31.0 Å². The number of nitrogens with two attached hydrogens (primary N) is 1. The zero-order chi connectivity index (χ0) is 14.7. The molecule has 20 heavy (non-hydrogen) atoms. The van der Waals surface area contributed by atoms with Gasteiger partial charge in [-0.3, -0.25) is 15.0 Å². The summed E-state index contributed by atoms with van der Waals surface area (Å²) in [6.45, 7) is 1.03. The maximum absolute atomic E-state index is 12.3. The van der Waals surface area contributed by atoms with Crippen molar-refractivity contribution in [1.29, 1.82) is 0 Å². The quantitative estimate of drug-likeness (QED) is 0.496. The van der Waals surface area contributed by atoms with Gasteiger partial charge >= 0.3 is 0 Å². The van der Waals surface area contributed by atoms with Crippen molar-refractivity contribution >= 4 is 35.0 Å². The van der Waals surface area contributed by atoms with Gasteiger partial charge in [-0.1, -0.05) is 23.2 Å². The molecule has 0 aliphatic carbocycles. The summed E-state index contributed by atoms with van der Waals surface area (Å²) < 4.78 is 0. The normalized spacial score (nSPS) is 16.1. The number of hydrogen-bond donors (Lipinski definition) is 2. The Bertz CT molecular complexity index is 508. The number of rotatable bonds is 2. The van der Waals surface area contributed by atoms with E-state index in [9.17, 15) is 9.59 Å². The lowest BCUT2D eigenvalue weighted by atomic mass is 9.95. The fourth-order valence-electron chi connectivity index (χ4n) is 2.32. The van der Waals surface area contributed by atoms with E-state index in [0.717, 1.165) is 0 Å². The molecule has 0 aromatic heterocycles. The number of likely N-dealkylation sites (tertiary alicyclic amines) is 1. The van der Waals surface area contributed by atoms with Crippen LogP contribution in [-0.2, 0) is 4.79 Å². The third kappa shape index (κ3) is 3.42. The van der Waals surface area contributed by atoms with Gasteiger partial charge in [0.25, 0.3) is 5.91 Å². The molecule has 0 atom stereocenters. The molecule has 1 heterocycles. The molecule has 1 aliphatic heterocycles. The van der Waals surface area contributed by atoms with Crippen molar-refractivity contribution in [3.63, 3.8) is 0 Å². The number of halogens is 2. The Labute approximate surface area is 127 Å². The van der Waals surface area contributed by atoms with Crippen molar-refractivity contribution in [3.05, 3.63) is 33.8 Å². The lowest BCUT2D eigenvalue weighted by molar-refractivity contribution is -0.126. The summed E-state index contributed by atoms with van der Waals surface area (Å²) in [5, 5.41) is 0.858. The van der Waals surface area contributed by atoms with E-state index in [4.69, 9.17) is 29.0 Å². The number of amides is 2. The van der Waals surface area contributed by atoms with Crippen LogP contribution in [0, 0.1) is 5.92 Å². The largest absolute Gasteiger partial charge is 0.339 e. The summed E-state index contributed by atoms with van der Waals surface area (Å²) in [7, 11) is 0. The fraction of sp³-hybridized carbons (Fsp3) is 0.385. The molecule has 0 radical (unpaired) electrons. The van der Waals surface area contributed by atoms with Crippen LogP contribution in [0.4, 0.5) is 0 Å². The molecule has 1 fully saturated rings. The molecular weight excluding hydrogens is 301 g/mol. The van der Waals surface area contributed by atoms with E-state index in [0.29, 0.717) is 41.5 Å². The Hall–Kier alpha value is -1.30. The molecule has 1 aromatic rings. The van der Waals surface area contributed by atoms with Gasteiger partial charge in [0.2, 0.25) is 5.91 Å². The lowest BCUT2D eigenvalue weighted by Crippen LogP contribution is -2.44. The number of piperidine rings is 1. The predicted octanol–water partition coefficient (Wildman–Crippen LogP) is 1.84. The van der Waals surface area contributed by atoms with Crippen LogP contribution < -0.4 is 11.3 Å². The zero-order valence-corrected chi connectivity index (χ0v) is 12.2. The smallest absolute Gasteiger partial charge is 0.253 e. The van der Waals surface area contributed by atoms with Crippen LogP contribution in [0.3, 0.4) is 0 Å². The van der Waals surface area contributed by atoms with Crippen molar-refractivity contribution < 1.29 is 9.59 Å². The number of carbonyl (C=O) groups is 2. The van der Waals surface area contributed by atoms with Crippen molar-refractivity contribution in [2.24, 2.45) is 11.8 Å². The van der Waals surface area contributed by atoms with Gasteiger partial charge in [0.05, 0.1) is 0 Å². The molecule has 3 N–H and O–H groups in total. The summed E-state index contributed by atoms with van der Waals surface area (Å²) in [6, 6.07) is 4.76. The van der Waals surface area contributed by atoms with Gasteiger partial charge in [-0.25, -0.2) is 5.84 Å². The van der Waals surface area contributed by atoms with E-state index < -0.39 is 0 Å². The molecule has 7 heteroatoms. The van der Waals surface area contributed by atoms with E-state index >= 15 is 0 Å². The topological polar surface area (TPSA) is 75.4 Å². The number of benzene rings is 1. The average Bonchev–Trinajstić information content (AvgIpc) is 2.45. The highest BCUT2D eigenvalue weighted by atomic mass is 35.5. The lowest BCUT2D eigenvalue weighted by Gasteiger charge is -2.31.